The summed E-state index contributed by atoms with van der Waals surface area (Å²) < 4.78 is 13.3. The topological polar surface area (TPSA) is 99.6 Å². The standard InChI is InChI=1S/C27H26FN3O4/c1-27(2,15-17-8-11-20(28)12-9-17)31-23(26(34)35)14-22(25(31)33)30-24(32)21-13-10-19(16-29-21)18-6-4-3-5-7-18/h3-13,16,22-23H,14-15H2,1-2H3,(H,30,32)(H,34,35)/t22-,23-/m0/s1. The second-order valence-corrected chi connectivity index (χ2v) is 9.24. The Morgan fingerprint density at radius 1 is 1.06 bits per heavy atom. The average molecular weight is 476 g/mol. The lowest BCUT2D eigenvalue weighted by molar-refractivity contribution is -0.150. The van der Waals surface area contributed by atoms with Gasteiger partial charge in [-0.25, -0.2) is 9.18 Å². The summed E-state index contributed by atoms with van der Waals surface area (Å²) in [6.45, 7) is 3.52. The van der Waals surface area contributed by atoms with Gasteiger partial charge in [0.1, 0.15) is 23.6 Å². The molecule has 0 bridgehead atoms. The van der Waals surface area contributed by atoms with Crippen LogP contribution in [0, 0.1) is 5.82 Å². The summed E-state index contributed by atoms with van der Waals surface area (Å²) in [5.74, 6) is -2.54. The number of carbonyl (C=O) groups excluding carboxylic acids is 2. The molecule has 0 aliphatic carbocycles. The molecule has 1 aromatic heterocycles. The van der Waals surface area contributed by atoms with Crippen molar-refractivity contribution in [2.75, 3.05) is 0 Å². The van der Waals surface area contributed by atoms with Gasteiger partial charge in [0.25, 0.3) is 5.91 Å². The van der Waals surface area contributed by atoms with E-state index in [1.165, 1.54) is 17.0 Å². The molecule has 1 fully saturated rings. The number of carboxylic acids is 1. The second-order valence-electron chi connectivity index (χ2n) is 9.24. The highest BCUT2D eigenvalue weighted by molar-refractivity contribution is 5.99. The number of amides is 2. The molecule has 1 aliphatic heterocycles. The first kappa shape index (κ1) is 24.1. The predicted octanol–water partition coefficient (Wildman–Crippen LogP) is 3.69. The van der Waals surface area contributed by atoms with Gasteiger partial charge in [-0.3, -0.25) is 14.6 Å². The number of nitrogens with zero attached hydrogens (tertiary/aromatic N) is 2. The molecule has 3 aromatic rings. The number of rotatable bonds is 7. The van der Waals surface area contributed by atoms with Crippen LogP contribution >= 0.6 is 0 Å². The van der Waals surface area contributed by atoms with Crippen molar-refractivity contribution in [1.82, 2.24) is 15.2 Å². The molecule has 4 rings (SSSR count). The molecule has 2 amide bonds. The second kappa shape index (κ2) is 9.66. The van der Waals surface area contributed by atoms with Crippen LogP contribution in [0.15, 0.2) is 72.9 Å². The summed E-state index contributed by atoms with van der Waals surface area (Å²) in [6.07, 6.45) is 1.85. The zero-order valence-corrected chi connectivity index (χ0v) is 19.4. The van der Waals surface area contributed by atoms with Crippen LogP contribution < -0.4 is 5.32 Å². The number of pyridine rings is 1. The monoisotopic (exact) mass is 475 g/mol. The van der Waals surface area contributed by atoms with Crippen LogP contribution in [0.25, 0.3) is 11.1 Å². The van der Waals surface area contributed by atoms with Gasteiger partial charge in [-0.05, 0) is 49.6 Å². The number of carbonyl (C=O) groups is 3. The summed E-state index contributed by atoms with van der Waals surface area (Å²) in [6, 6.07) is 16.7. The van der Waals surface area contributed by atoms with Crippen LogP contribution in [-0.2, 0) is 16.0 Å². The van der Waals surface area contributed by atoms with Crippen LogP contribution in [0.4, 0.5) is 4.39 Å². The van der Waals surface area contributed by atoms with Crippen molar-refractivity contribution in [3.8, 4) is 11.1 Å². The molecular formula is C27H26FN3O4. The lowest BCUT2D eigenvalue weighted by Crippen LogP contribution is -2.54. The maximum atomic E-state index is 13.3. The highest BCUT2D eigenvalue weighted by Crippen LogP contribution is 2.31. The SMILES string of the molecule is CC(C)(Cc1ccc(F)cc1)N1C(=O)[C@@H](NC(=O)c2ccc(-c3ccccc3)cn2)C[C@H]1C(=O)O. The van der Waals surface area contributed by atoms with E-state index in [9.17, 15) is 23.9 Å². The van der Waals surface area contributed by atoms with E-state index in [-0.39, 0.29) is 17.9 Å². The Morgan fingerprint density at radius 2 is 1.74 bits per heavy atom. The van der Waals surface area contributed by atoms with Gasteiger partial charge >= 0.3 is 5.97 Å². The lowest BCUT2D eigenvalue weighted by Gasteiger charge is -2.38. The predicted molar refractivity (Wildman–Crippen MR) is 128 cm³/mol. The van der Waals surface area contributed by atoms with Crippen molar-refractivity contribution in [2.24, 2.45) is 0 Å². The normalized spacial score (nSPS) is 17.9. The van der Waals surface area contributed by atoms with Gasteiger partial charge in [0, 0.05) is 23.7 Å². The van der Waals surface area contributed by atoms with E-state index in [2.05, 4.69) is 10.3 Å². The zero-order chi connectivity index (χ0) is 25.2. The number of halogens is 1. The molecule has 2 aromatic carbocycles. The van der Waals surface area contributed by atoms with E-state index in [0.29, 0.717) is 6.42 Å². The fourth-order valence-electron chi connectivity index (χ4n) is 4.55. The number of aliphatic carboxylic acids is 1. The molecular weight excluding hydrogens is 449 g/mol. The molecule has 0 unspecified atom stereocenters. The summed E-state index contributed by atoms with van der Waals surface area (Å²) in [7, 11) is 0. The average Bonchev–Trinajstić information content (AvgIpc) is 3.18. The van der Waals surface area contributed by atoms with Gasteiger partial charge in [-0.2, -0.15) is 0 Å². The molecule has 8 heteroatoms. The third-order valence-electron chi connectivity index (χ3n) is 6.20. The Hall–Kier alpha value is -4.07. The Balaban J connectivity index is 1.49. The first-order chi connectivity index (χ1) is 16.7. The van der Waals surface area contributed by atoms with Crippen LogP contribution in [0.5, 0.6) is 0 Å². The molecule has 35 heavy (non-hydrogen) atoms. The highest BCUT2D eigenvalue weighted by atomic mass is 19.1. The Kier molecular flexibility index (Phi) is 6.64. The van der Waals surface area contributed by atoms with Gasteiger partial charge < -0.3 is 15.3 Å². The quantitative estimate of drug-likeness (QED) is 0.543. The molecule has 1 aliphatic rings. The van der Waals surface area contributed by atoms with Crippen molar-refractivity contribution in [1.29, 1.82) is 0 Å². The smallest absolute Gasteiger partial charge is 0.326 e. The molecule has 2 heterocycles. The molecule has 0 saturated carbocycles. The number of carboxylic acid groups (broad SMARTS) is 1. The molecule has 0 spiro atoms. The van der Waals surface area contributed by atoms with Crippen molar-refractivity contribution in [3.63, 3.8) is 0 Å². The number of aromatic nitrogens is 1. The van der Waals surface area contributed by atoms with E-state index < -0.39 is 35.4 Å². The van der Waals surface area contributed by atoms with Gasteiger partial charge in [-0.15, -0.1) is 0 Å². The molecule has 1 saturated heterocycles. The van der Waals surface area contributed by atoms with E-state index in [1.807, 2.05) is 30.3 Å². The van der Waals surface area contributed by atoms with Crippen LogP contribution in [-0.4, -0.2) is 50.4 Å². The van der Waals surface area contributed by atoms with E-state index in [4.69, 9.17) is 0 Å². The lowest BCUT2D eigenvalue weighted by atomic mass is 9.92. The molecule has 2 N–H and O–H groups in total. The fourth-order valence-corrected chi connectivity index (χ4v) is 4.55. The van der Waals surface area contributed by atoms with Crippen LogP contribution in [0.2, 0.25) is 0 Å². The Bertz CT molecular complexity index is 1230. The molecule has 2 atom stereocenters. The third kappa shape index (κ3) is 5.21. The van der Waals surface area contributed by atoms with Crippen molar-refractivity contribution >= 4 is 17.8 Å². The van der Waals surface area contributed by atoms with Crippen molar-refractivity contribution < 1.29 is 23.9 Å². The number of hydrogen-bond acceptors (Lipinski definition) is 4. The number of hydrogen-bond donors (Lipinski definition) is 2. The Labute approximate surface area is 202 Å². The minimum absolute atomic E-state index is 0.0607. The van der Waals surface area contributed by atoms with E-state index in [1.54, 1.807) is 44.3 Å². The van der Waals surface area contributed by atoms with Crippen LogP contribution in [0.3, 0.4) is 0 Å². The minimum Gasteiger partial charge on any atom is -0.480 e. The number of benzene rings is 2. The van der Waals surface area contributed by atoms with Crippen molar-refractivity contribution in [2.45, 2.75) is 44.3 Å². The molecule has 180 valence electrons. The minimum atomic E-state index is -1.15. The summed E-state index contributed by atoms with van der Waals surface area (Å²) >= 11 is 0. The summed E-state index contributed by atoms with van der Waals surface area (Å²) in [4.78, 5) is 43.7. The van der Waals surface area contributed by atoms with E-state index in [0.717, 1.165) is 16.7 Å². The fraction of sp³-hybridized carbons (Fsp3) is 0.259. The number of likely N-dealkylation sites (tertiary alicyclic amines) is 1. The highest BCUT2D eigenvalue weighted by Gasteiger charge is 2.50. The van der Waals surface area contributed by atoms with Crippen LogP contribution in [0.1, 0.15) is 36.3 Å². The molecule has 7 nitrogen and oxygen atoms in total. The van der Waals surface area contributed by atoms with Gasteiger partial charge in [-0.1, -0.05) is 48.5 Å². The maximum absolute atomic E-state index is 13.3. The largest absolute Gasteiger partial charge is 0.480 e. The van der Waals surface area contributed by atoms with Gasteiger partial charge in [0.05, 0.1) is 0 Å². The third-order valence-corrected chi connectivity index (χ3v) is 6.20. The van der Waals surface area contributed by atoms with Gasteiger partial charge in [0.2, 0.25) is 5.91 Å². The van der Waals surface area contributed by atoms with E-state index >= 15 is 0 Å². The summed E-state index contributed by atoms with van der Waals surface area (Å²) in [5.41, 5.74) is 1.82. The summed E-state index contributed by atoms with van der Waals surface area (Å²) in [5, 5.41) is 12.5. The number of nitrogens with one attached hydrogen (secondary N) is 1. The van der Waals surface area contributed by atoms with Crippen molar-refractivity contribution in [3.05, 3.63) is 90.0 Å². The Morgan fingerprint density at radius 3 is 2.34 bits per heavy atom. The first-order valence-corrected chi connectivity index (χ1v) is 11.3. The van der Waals surface area contributed by atoms with Gasteiger partial charge in [0.15, 0.2) is 0 Å². The zero-order valence-electron chi connectivity index (χ0n) is 19.4. The maximum Gasteiger partial charge on any atom is 0.326 e. The first-order valence-electron chi connectivity index (χ1n) is 11.3. The molecule has 0 radical (unpaired) electrons.